The number of unbranched alkanes of at least 4 members (excludes halogenated alkanes) is 20. The molecule has 0 heterocycles. The van der Waals surface area contributed by atoms with Gasteiger partial charge in [0.15, 0.2) is 0 Å². The minimum absolute atomic E-state index is 1.02. The van der Waals surface area contributed by atoms with Gasteiger partial charge in [0.25, 0.3) is 0 Å². The summed E-state index contributed by atoms with van der Waals surface area (Å²) in [6.07, 6.45) is 37.7. The Morgan fingerprint density at radius 1 is 0.367 bits per heavy atom. The largest absolute Gasteiger partial charge is 0.0654 e. The van der Waals surface area contributed by atoms with Gasteiger partial charge in [-0.05, 0) is 5.92 Å². The van der Waals surface area contributed by atoms with E-state index in [9.17, 15) is 0 Å². The van der Waals surface area contributed by atoms with E-state index in [4.69, 9.17) is 0 Å². The molecule has 0 aromatic heterocycles. The summed E-state index contributed by atoms with van der Waals surface area (Å²) in [4.78, 5) is 0. The first-order chi connectivity index (χ1) is 14.8. The number of hydrogen-bond acceptors (Lipinski definition) is 0. The van der Waals surface area contributed by atoms with Crippen LogP contribution < -0.4 is 0 Å². The lowest BCUT2D eigenvalue weighted by molar-refractivity contribution is 0.367. The first kappa shape index (κ1) is 30.0. The zero-order valence-electron chi connectivity index (χ0n) is 21.7. The molecule has 1 radical (unpaired) electrons. The predicted molar refractivity (Wildman–Crippen MR) is 140 cm³/mol. The third-order valence-corrected chi connectivity index (χ3v) is 7.04. The van der Waals surface area contributed by atoms with Crippen molar-refractivity contribution in [2.75, 3.05) is 0 Å². The fraction of sp³-hybridized carbons (Fsp3) is 0.967. The molecule has 0 saturated carbocycles. The maximum absolute atomic E-state index is 4.00. The third kappa shape index (κ3) is 24.3. The smallest absolute Gasteiger partial charge is 0.0414 e. The lowest BCUT2D eigenvalue weighted by atomic mass is 9.89. The summed E-state index contributed by atoms with van der Waals surface area (Å²) < 4.78 is 0. The summed E-state index contributed by atoms with van der Waals surface area (Å²) >= 11 is 0. The molecule has 0 nitrogen and oxygen atoms in total. The van der Waals surface area contributed by atoms with Gasteiger partial charge in [0.2, 0.25) is 0 Å². The second kappa shape index (κ2) is 27.0. The molecule has 0 fully saturated rings. The molecule has 0 bridgehead atoms. The van der Waals surface area contributed by atoms with Crippen LogP contribution in [0.15, 0.2) is 0 Å². The summed E-state index contributed by atoms with van der Waals surface area (Å²) in [5.41, 5.74) is 0. The van der Waals surface area contributed by atoms with Crippen LogP contribution in [0.25, 0.3) is 0 Å². The van der Waals surface area contributed by atoms with Gasteiger partial charge in [0, 0.05) is 0 Å². The monoisotopic (exact) mass is 421 g/mol. The van der Waals surface area contributed by atoms with E-state index in [0.717, 1.165) is 12.3 Å². The van der Waals surface area contributed by atoms with E-state index in [0.29, 0.717) is 0 Å². The SMILES string of the molecule is [CH2]CCCCCC(CCCCCCCC)CCCCCCCCCCCCCCC. The van der Waals surface area contributed by atoms with Crippen LogP contribution in [0.3, 0.4) is 0 Å². The number of hydrogen-bond donors (Lipinski definition) is 0. The molecule has 0 aliphatic heterocycles. The lowest BCUT2D eigenvalue weighted by Crippen LogP contribution is -2.01. The molecule has 0 aliphatic carbocycles. The minimum Gasteiger partial charge on any atom is -0.0654 e. The van der Waals surface area contributed by atoms with E-state index < -0.39 is 0 Å². The van der Waals surface area contributed by atoms with E-state index in [1.54, 1.807) is 0 Å². The van der Waals surface area contributed by atoms with Crippen molar-refractivity contribution in [1.29, 1.82) is 0 Å². The predicted octanol–water partition coefficient (Wildman–Crippen LogP) is 11.6. The molecule has 1 atom stereocenters. The zero-order valence-corrected chi connectivity index (χ0v) is 21.7. The average Bonchev–Trinajstić information content (AvgIpc) is 2.76. The molecule has 1 unspecified atom stereocenters. The van der Waals surface area contributed by atoms with Crippen molar-refractivity contribution in [1.82, 2.24) is 0 Å². The summed E-state index contributed by atoms with van der Waals surface area (Å²) in [6, 6.07) is 0. The van der Waals surface area contributed by atoms with Crippen molar-refractivity contribution in [3.8, 4) is 0 Å². The Kier molecular flexibility index (Phi) is 27.0. The van der Waals surface area contributed by atoms with Gasteiger partial charge in [0.05, 0.1) is 0 Å². The molecular weight excluding hydrogens is 360 g/mol. The molecule has 0 N–H and O–H groups in total. The van der Waals surface area contributed by atoms with Gasteiger partial charge in [-0.2, -0.15) is 0 Å². The van der Waals surface area contributed by atoms with E-state index in [2.05, 4.69) is 20.8 Å². The molecule has 0 rings (SSSR count). The Morgan fingerprint density at radius 3 is 0.933 bits per heavy atom. The fourth-order valence-electron chi connectivity index (χ4n) is 4.88. The molecule has 0 amide bonds. The Bertz CT molecular complexity index is 282. The van der Waals surface area contributed by atoms with Crippen LogP contribution in [-0.2, 0) is 0 Å². The van der Waals surface area contributed by atoms with E-state index in [1.807, 2.05) is 0 Å². The van der Waals surface area contributed by atoms with Crippen molar-refractivity contribution in [2.45, 2.75) is 181 Å². The van der Waals surface area contributed by atoms with E-state index in [1.165, 1.54) is 161 Å². The highest BCUT2D eigenvalue weighted by Gasteiger charge is 2.08. The second-order valence-electron chi connectivity index (χ2n) is 10.2. The van der Waals surface area contributed by atoms with Crippen LogP contribution in [0.1, 0.15) is 181 Å². The van der Waals surface area contributed by atoms with Gasteiger partial charge in [0.1, 0.15) is 0 Å². The van der Waals surface area contributed by atoms with E-state index >= 15 is 0 Å². The standard InChI is InChI=1S/C30H61/c1-4-7-10-13-15-16-17-18-19-20-21-23-26-29-30(27-24-12-9-6-3)28-25-22-14-11-8-5-2/h30H,3-29H2,1-2H3. The van der Waals surface area contributed by atoms with Crippen LogP contribution in [0.5, 0.6) is 0 Å². The van der Waals surface area contributed by atoms with E-state index in [-0.39, 0.29) is 0 Å². The van der Waals surface area contributed by atoms with Crippen molar-refractivity contribution in [2.24, 2.45) is 5.92 Å². The molecule has 30 heavy (non-hydrogen) atoms. The first-order valence-electron chi connectivity index (χ1n) is 14.6. The Morgan fingerprint density at radius 2 is 0.633 bits per heavy atom. The van der Waals surface area contributed by atoms with Crippen LogP contribution >= 0.6 is 0 Å². The molecule has 0 spiro atoms. The van der Waals surface area contributed by atoms with Crippen LogP contribution in [0, 0.1) is 12.8 Å². The maximum Gasteiger partial charge on any atom is -0.0414 e. The molecule has 0 saturated heterocycles. The topological polar surface area (TPSA) is 0 Å². The maximum atomic E-state index is 4.00. The normalized spacial score (nSPS) is 12.5. The summed E-state index contributed by atoms with van der Waals surface area (Å²) in [7, 11) is 0. The minimum atomic E-state index is 1.02. The Hall–Kier alpha value is 0. The molecular formula is C30H61. The highest BCUT2D eigenvalue weighted by molar-refractivity contribution is 4.62. The van der Waals surface area contributed by atoms with Gasteiger partial charge in [-0.1, -0.05) is 188 Å². The Balaban J connectivity index is 3.60. The quantitative estimate of drug-likeness (QED) is 0.122. The highest BCUT2D eigenvalue weighted by Crippen LogP contribution is 2.24. The average molecular weight is 422 g/mol. The molecule has 0 heteroatoms. The van der Waals surface area contributed by atoms with Gasteiger partial charge >= 0.3 is 0 Å². The summed E-state index contributed by atoms with van der Waals surface area (Å²) in [5, 5.41) is 0. The zero-order chi connectivity index (χ0) is 22.0. The van der Waals surface area contributed by atoms with Crippen molar-refractivity contribution >= 4 is 0 Å². The van der Waals surface area contributed by atoms with Gasteiger partial charge in [-0.3, -0.25) is 0 Å². The van der Waals surface area contributed by atoms with Crippen LogP contribution in [0.2, 0.25) is 0 Å². The van der Waals surface area contributed by atoms with Gasteiger partial charge in [-0.15, -0.1) is 0 Å². The van der Waals surface area contributed by atoms with Crippen molar-refractivity contribution in [3.63, 3.8) is 0 Å². The molecule has 0 aromatic carbocycles. The van der Waals surface area contributed by atoms with Gasteiger partial charge in [-0.25, -0.2) is 0 Å². The third-order valence-electron chi connectivity index (χ3n) is 7.04. The lowest BCUT2D eigenvalue weighted by Gasteiger charge is -2.17. The number of rotatable bonds is 26. The van der Waals surface area contributed by atoms with Gasteiger partial charge < -0.3 is 0 Å². The van der Waals surface area contributed by atoms with Crippen LogP contribution in [-0.4, -0.2) is 0 Å². The summed E-state index contributed by atoms with van der Waals surface area (Å²) in [6.45, 7) is 8.63. The van der Waals surface area contributed by atoms with Crippen LogP contribution in [0.4, 0.5) is 0 Å². The molecule has 0 aliphatic rings. The first-order valence-corrected chi connectivity index (χ1v) is 14.6. The fourth-order valence-corrected chi connectivity index (χ4v) is 4.88. The molecule has 0 aromatic rings. The highest BCUT2D eigenvalue weighted by atomic mass is 14.1. The summed E-state index contributed by atoms with van der Waals surface area (Å²) in [5.74, 6) is 1.02. The second-order valence-corrected chi connectivity index (χ2v) is 10.2. The van der Waals surface area contributed by atoms with Crippen molar-refractivity contribution in [3.05, 3.63) is 6.92 Å². The Labute approximate surface area is 193 Å². The molecule has 181 valence electrons. The van der Waals surface area contributed by atoms with Crippen molar-refractivity contribution < 1.29 is 0 Å².